The van der Waals surface area contributed by atoms with Crippen molar-refractivity contribution in [1.82, 2.24) is 9.88 Å². The van der Waals surface area contributed by atoms with Gasteiger partial charge < -0.3 is 24.1 Å². The summed E-state index contributed by atoms with van der Waals surface area (Å²) in [6, 6.07) is 10.0. The van der Waals surface area contributed by atoms with Crippen LogP contribution in [0.2, 0.25) is 0 Å². The highest BCUT2D eigenvalue weighted by molar-refractivity contribution is 5.88. The number of methoxy groups -OCH3 is 4. The van der Waals surface area contributed by atoms with Gasteiger partial charge in [0.2, 0.25) is 0 Å². The van der Waals surface area contributed by atoms with Gasteiger partial charge in [-0.2, -0.15) is 0 Å². The van der Waals surface area contributed by atoms with Crippen LogP contribution in [0.3, 0.4) is 0 Å². The molecule has 2 atom stereocenters. The number of piperidine rings is 1. The first-order chi connectivity index (χ1) is 16.0. The fourth-order valence-electron chi connectivity index (χ4n) is 5.42. The van der Waals surface area contributed by atoms with Crippen LogP contribution in [0.5, 0.6) is 23.0 Å². The van der Waals surface area contributed by atoms with E-state index in [1.807, 2.05) is 18.2 Å². The van der Waals surface area contributed by atoms with E-state index in [0.29, 0.717) is 35.8 Å². The van der Waals surface area contributed by atoms with Crippen molar-refractivity contribution >= 4 is 10.8 Å². The number of hydrogen-bond donors (Lipinski definition) is 1. The fraction of sp³-hybridized carbons (Fsp3) is 0.423. The highest BCUT2D eigenvalue weighted by Gasteiger charge is 2.44. The van der Waals surface area contributed by atoms with Crippen molar-refractivity contribution in [2.45, 2.75) is 30.9 Å². The number of ether oxygens (including phenoxy) is 4. The molecule has 1 aromatic heterocycles. The minimum absolute atomic E-state index is 0.0736. The summed E-state index contributed by atoms with van der Waals surface area (Å²) in [5.41, 5.74) is 2.06. The minimum atomic E-state index is -1.07. The molecule has 3 heterocycles. The Morgan fingerprint density at radius 1 is 0.909 bits per heavy atom. The maximum absolute atomic E-state index is 12.0. The second-order valence-corrected chi connectivity index (χ2v) is 8.78. The summed E-state index contributed by atoms with van der Waals surface area (Å²) < 4.78 is 22.1. The standard InChI is InChI=1S/C26H30N2O5/c1-30-21-11-16-5-8-27-25(19(16)14-24(21)33-4)26(29)7-10-28-9-6-17-12-22(31-2)23(32-3)13-18(17)20(28)15-26/h5,8,11-14,20,29H,6-7,9-10,15H2,1-4H3. The SMILES string of the molecule is COc1cc2c(cc1OC)C1CC(O)(c3nccc4cc(OC)c(OC)cc34)CCN1CC2. The van der Waals surface area contributed by atoms with Crippen molar-refractivity contribution < 1.29 is 24.1 Å². The van der Waals surface area contributed by atoms with E-state index in [4.69, 9.17) is 18.9 Å². The number of aliphatic hydroxyl groups is 1. The summed E-state index contributed by atoms with van der Waals surface area (Å²) in [7, 11) is 6.56. The summed E-state index contributed by atoms with van der Waals surface area (Å²) in [6.07, 6.45) is 3.88. The van der Waals surface area contributed by atoms with Gasteiger partial charge in [-0.15, -0.1) is 0 Å². The van der Waals surface area contributed by atoms with Gasteiger partial charge in [-0.05, 0) is 59.7 Å². The molecule has 1 saturated heterocycles. The largest absolute Gasteiger partial charge is 0.493 e. The minimum Gasteiger partial charge on any atom is -0.493 e. The molecule has 3 aromatic rings. The third kappa shape index (κ3) is 3.56. The molecule has 0 saturated carbocycles. The summed E-state index contributed by atoms with van der Waals surface area (Å²) in [5.74, 6) is 2.74. The highest BCUT2D eigenvalue weighted by Crippen LogP contribution is 2.48. The zero-order valence-corrected chi connectivity index (χ0v) is 19.6. The van der Waals surface area contributed by atoms with Crippen molar-refractivity contribution in [3.8, 4) is 23.0 Å². The van der Waals surface area contributed by atoms with E-state index in [1.54, 1.807) is 34.6 Å². The maximum Gasteiger partial charge on any atom is 0.161 e. The molecule has 2 unspecified atom stereocenters. The predicted molar refractivity (Wildman–Crippen MR) is 126 cm³/mol. The Labute approximate surface area is 193 Å². The molecule has 33 heavy (non-hydrogen) atoms. The first-order valence-electron chi connectivity index (χ1n) is 11.2. The molecule has 0 amide bonds. The van der Waals surface area contributed by atoms with Gasteiger partial charge in [0.15, 0.2) is 23.0 Å². The van der Waals surface area contributed by atoms with Gasteiger partial charge in [-0.1, -0.05) is 0 Å². The smallest absolute Gasteiger partial charge is 0.161 e. The van der Waals surface area contributed by atoms with Crippen LogP contribution in [0.15, 0.2) is 36.5 Å². The highest BCUT2D eigenvalue weighted by atomic mass is 16.5. The molecule has 0 spiro atoms. The van der Waals surface area contributed by atoms with Gasteiger partial charge in [-0.25, -0.2) is 0 Å². The third-order valence-corrected chi connectivity index (χ3v) is 7.17. The molecular formula is C26H30N2O5. The number of rotatable bonds is 5. The van der Waals surface area contributed by atoms with Crippen LogP contribution in [0.4, 0.5) is 0 Å². The van der Waals surface area contributed by atoms with Crippen molar-refractivity contribution in [2.75, 3.05) is 41.5 Å². The lowest BCUT2D eigenvalue weighted by Crippen LogP contribution is -2.47. The van der Waals surface area contributed by atoms with Gasteiger partial charge >= 0.3 is 0 Å². The van der Waals surface area contributed by atoms with Crippen LogP contribution >= 0.6 is 0 Å². The first-order valence-corrected chi connectivity index (χ1v) is 11.2. The Balaban J connectivity index is 1.59. The zero-order valence-electron chi connectivity index (χ0n) is 19.6. The Morgan fingerprint density at radius 2 is 1.58 bits per heavy atom. The maximum atomic E-state index is 12.0. The second kappa shape index (κ2) is 8.39. The summed E-state index contributed by atoms with van der Waals surface area (Å²) in [4.78, 5) is 7.13. The molecular weight excluding hydrogens is 420 g/mol. The number of aromatic nitrogens is 1. The number of pyridine rings is 1. The molecule has 7 nitrogen and oxygen atoms in total. The molecule has 2 aliphatic heterocycles. The Morgan fingerprint density at radius 3 is 2.30 bits per heavy atom. The van der Waals surface area contributed by atoms with Crippen molar-refractivity contribution in [2.24, 2.45) is 0 Å². The average molecular weight is 451 g/mol. The van der Waals surface area contributed by atoms with Crippen LogP contribution in [0.1, 0.15) is 35.7 Å². The van der Waals surface area contributed by atoms with Crippen LogP contribution in [0, 0.1) is 0 Å². The Kier molecular flexibility index (Phi) is 5.54. The molecule has 0 aliphatic carbocycles. The van der Waals surface area contributed by atoms with Gasteiger partial charge in [0.05, 0.1) is 34.1 Å². The predicted octanol–water partition coefficient (Wildman–Crippen LogP) is 3.85. The second-order valence-electron chi connectivity index (χ2n) is 8.78. The molecule has 2 aliphatic rings. The van der Waals surface area contributed by atoms with Crippen molar-refractivity contribution in [1.29, 1.82) is 0 Å². The molecule has 2 aromatic carbocycles. The van der Waals surface area contributed by atoms with Gasteiger partial charge in [-0.3, -0.25) is 9.88 Å². The zero-order chi connectivity index (χ0) is 23.2. The topological polar surface area (TPSA) is 73.3 Å². The number of hydrogen-bond acceptors (Lipinski definition) is 7. The quantitative estimate of drug-likeness (QED) is 0.633. The normalized spacial score (nSPS) is 22.4. The van der Waals surface area contributed by atoms with Gasteiger partial charge in [0.25, 0.3) is 0 Å². The van der Waals surface area contributed by atoms with Gasteiger partial charge in [0.1, 0.15) is 5.60 Å². The first kappa shape index (κ1) is 21.8. The Bertz CT molecular complexity index is 1200. The van der Waals surface area contributed by atoms with E-state index in [-0.39, 0.29) is 6.04 Å². The van der Waals surface area contributed by atoms with Crippen LogP contribution in [-0.4, -0.2) is 56.5 Å². The van der Waals surface area contributed by atoms with E-state index in [1.165, 1.54) is 11.1 Å². The number of nitrogens with zero attached hydrogens (tertiary/aromatic N) is 2. The number of fused-ring (bicyclic) bond motifs is 4. The van der Waals surface area contributed by atoms with Crippen LogP contribution in [0.25, 0.3) is 10.8 Å². The van der Waals surface area contributed by atoms with E-state index < -0.39 is 5.60 Å². The van der Waals surface area contributed by atoms with E-state index in [0.717, 1.165) is 36.0 Å². The lowest BCUT2D eigenvalue weighted by atomic mass is 9.77. The van der Waals surface area contributed by atoms with E-state index in [9.17, 15) is 5.11 Å². The summed E-state index contributed by atoms with van der Waals surface area (Å²) in [6.45, 7) is 1.75. The van der Waals surface area contributed by atoms with Crippen LogP contribution in [-0.2, 0) is 12.0 Å². The molecule has 0 bridgehead atoms. The fourth-order valence-corrected chi connectivity index (χ4v) is 5.42. The molecule has 1 fully saturated rings. The van der Waals surface area contributed by atoms with Crippen molar-refractivity contribution in [3.05, 3.63) is 53.3 Å². The third-order valence-electron chi connectivity index (χ3n) is 7.17. The lowest BCUT2D eigenvalue weighted by Gasteiger charge is -2.47. The molecule has 174 valence electrons. The molecule has 1 N–H and O–H groups in total. The molecule has 5 rings (SSSR count). The summed E-state index contributed by atoms with van der Waals surface area (Å²) >= 11 is 0. The Hall–Kier alpha value is -3.03. The molecule has 0 radical (unpaired) electrons. The summed E-state index contributed by atoms with van der Waals surface area (Å²) in [5, 5.41) is 13.9. The number of benzene rings is 2. The van der Waals surface area contributed by atoms with Crippen LogP contribution < -0.4 is 18.9 Å². The van der Waals surface area contributed by atoms with Crippen molar-refractivity contribution in [3.63, 3.8) is 0 Å². The lowest BCUT2D eigenvalue weighted by molar-refractivity contribution is -0.0575. The monoisotopic (exact) mass is 450 g/mol. The van der Waals surface area contributed by atoms with E-state index in [2.05, 4.69) is 22.0 Å². The molecule has 7 heteroatoms. The van der Waals surface area contributed by atoms with Gasteiger partial charge in [0, 0.05) is 37.1 Å². The van der Waals surface area contributed by atoms with E-state index >= 15 is 0 Å². The average Bonchev–Trinajstić information content (AvgIpc) is 2.86.